The monoisotopic (exact) mass is 306 g/mol. The molecule has 5 nitrogen and oxygen atoms in total. The standard InChI is InChI=1S/C15H15ClN2O3/c16-11-1-2-12-10(7-11)8-13(21-12)15(20)18-5-3-9(4-6-18)14(17)19/h1-2,7-9H,3-6H2,(H2,17,19). The van der Waals surface area contributed by atoms with E-state index in [1.807, 2.05) is 0 Å². The topological polar surface area (TPSA) is 76.5 Å². The normalized spacial score (nSPS) is 16.3. The van der Waals surface area contributed by atoms with Gasteiger partial charge < -0.3 is 15.1 Å². The van der Waals surface area contributed by atoms with E-state index in [0.717, 1.165) is 5.39 Å². The molecular formula is C15H15ClN2O3. The molecule has 1 aromatic carbocycles. The number of nitrogens with zero attached hydrogens (tertiary/aromatic N) is 1. The van der Waals surface area contributed by atoms with Gasteiger partial charge in [-0.2, -0.15) is 0 Å². The SMILES string of the molecule is NC(=O)C1CCN(C(=O)c2cc3cc(Cl)ccc3o2)CC1. The molecule has 0 saturated carbocycles. The minimum Gasteiger partial charge on any atom is -0.451 e. The number of primary amides is 1. The van der Waals surface area contributed by atoms with E-state index in [9.17, 15) is 9.59 Å². The highest BCUT2D eigenvalue weighted by atomic mass is 35.5. The van der Waals surface area contributed by atoms with Gasteiger partial charge in [-0.15, -0.1) is 0 Å². The highest BCUT2D eigenvalue weighted by Gasteiger charge is 2.27. The molecule has 0 unspecified atom stereocenters. The van der Waals surface area contributed by atoms with Gasteiger partial charge in [-0.05, 0) is 37.1 Å². The van der Waals surface area contributed by atoms with Crippen molar-refractivity contribution >= 4 is 34.4 Å². The predicted molar refractivity (Wildman–Crippen MR) is 79.0 cm³/mol. The molecule has 1 fully saturated rings. The van der Waals surface area contributed by atoms with Crippen LogP contribution in [0.5, 0.6) is 0 Å². The molecule has 0 radical (unpaired) electrons. The predicted octanol–water partition coefficient (Wildman–Crippen LogP) is 2.42. The molecule has 1 aliphatic rings. The van der Waals surface area contributed by atoms with Crippen LogP contribution in [-0.2, 0) is 4.79 Å². The van der Waals surface area contributed by atoms with E-state index in [0.29, 0.717) is 42.3 Å². The second kappa shape index (κ2) is 5.41. The zero-order valence-corrected chi connectivity index (χ0v) is 12.1. The number of carbonyl (C=O) groups excluding carboxylic acids is 2. The Morgan fingerprint density at radius 2 is 1.95 bits per heavy atom. The Morgan fingerprint density at radius 3 is 2.62 bits per heavy atom. The molecule has 2 aromatic rings. The molecule has 21 heavy (non-hydrogen) atoms. The van der Waals surface area contributed by atoms with Crippen LogP contribution < -0.4 is 5.73 Å². The maximum Gasteiger partial charge on any atom is 0.289 e. The summed E-state index contributed by atoms with van der Waals surface area (Å²) in [7, 11) is 0. The average Bonchev–Trinajstić information content (AvgIpc) is 2.89. The van der Waals surface area contributed by atoms with E-state index >= 15 is 0 Å². The van der Waals surface area contributed by atoms with Crippen molar-refractivity contribution in [2.24, 2.45) is 11.7 Å². The third-order valence-corrected chi connectivity index (χ3v) is 4.11. The second-order valence-corrected chi connectivity index (χ2v) is 5.70. The van der Waals surface area contributed by atoms with Gasteiger partial charge in [-0.25, -0.2) is 0 Å². The third-order valence-electron chi connectivity index (χ3n) is 3.87. The van der Waals surface area contributed by atoms with E-state index in [4.69, 9.17) is 21.8 Å². The van der Waals surface area contributed by atoms with E-state index < -0.39 is 0 Å². The van der Waals surface area contributed by atoms with E-state index in [1.165, 1.54) is 0 Å². The summed E-state index contributed by atoms with van der Waals surface area (Å²) in [6, 6.07) is 6.92. The lowest BCUT2D eigenvalue weighted by Crippen LogP contribution is -2.41. The lowest BCUT2D eigenvalue weighted by molar-refractivity contribution is -0.123. The Morgan fingerprint density at radius 1 is 1.24 bits per heavy atom. The van der Waals surface area contributed by atoms with Crippen LogP contribution >= 0.6 is 11.6 Å². The van der Waals surface area contributed by atoms with Crippen LogP contribution in [0.3, 0.4) is 0 Å². The number of rotatable bonds is 2. The summed E-state index contributed by atoms with van der Waals surface area (Å²) < 4.78 is 5.57. The van der Waals surface area contributed by atoms with E-state index in [2.05, 4.69) is 0 Å². The van der Waals surface area contributed by atoms with Crippen LogP contribution in [0.2, 0.25) is 5.02 Å². The van der Waals surface area contributed by atoms with Gasteiger partial charge in [-0.1, -0.05) is 11.6 Å². The Bertz CT molecular complexity index is 702. The molecule has 0 aliphatic carbocycles. The van der Waals surface area contributed by atoms with Crippen LogP contribution in [0.4, 0.5) is 0 Å². The number of likely N-dealkylation sites (tertiary alicyclic amines) is 1. The van der Waals surface area contributed by atoms with Gasteiger partial charge >= 0.3 is 0 Å². The maximum atomic E-state index is 12.4. The molecule has 2 amide bonds. The molecule has 3 rings (SSSR count). The number of benzene rings is 1. The summed E-state index contributed by atoms with van der Waals surface area (Å²) in [6.07, 6.45) is 1.21. The number of fused-ring (bicyclic) bond motifs is 1. The summed E-state index contributed by atoms with van der Waals surface area (Å²) in [5.74, 6) is -0.293. The van der Waals surface area contributed by atoms with Gasteiger partial charge in [-0.3, -0.25) is 9.59 Å². The molecule has 1 saturated heterocycles. The minimum absolute atomic E-state index is 0.136. The molecular weight excluding hydrogens is 292 g/mol. The van der Waals surface area contributed by atoms with Crippen molar-refractivity contribution in [1.82, 2.24) is 4.90 Å². The quantitative estimate of drug-likeness (QED) is 0.925. The smallest absolute Gasteiger partial charge is 0.289 e. The number of nitrogens with two attached hydrogens (primary N) is 1. The average molecular weight is 307 g/mol. The number of hydrogen-bond donors (Lipinski definition) is 1. The summed E-state index contributed by atoms with van der Waals surface area (Å²) in [5, 5.41) is 1.41. The number of furan rings is 1. The first-order valence-electron chi connectivity index (χ1n) is 6.82. The van der Waals surface area contributed by atoms with E-state index in [1.54, 1.807) is 29.2 Å². The van der Waals surface area contributed by atoms with Gasteiger partial charge in [0, 0.05) is 29.4 Å². The van der Waals surface area contributed by atoms with Crippen molar-refractivity contribution in [2.75, 3.05) is 13.1 Å². The van der Waals surface area contributed by atoms with Gasteiger partial charge in [0.15, 0.2) is 5.76 Å². The first kappa shape index (κ1) is 13.9. The summed E-state index contributed by atoms with van der Waals surface area (Å²) in [5.41, 5.74) is 5.93. The highest BCUT2D eigenvalue weighted by Crippen LogP contribution is 2.25. The number of amides is 2. The Labute approximate surface area is 126 Å². The molecule has 6 heteroatoms. The van der Waals surface area contributed by atoms with E-state index in [-0.39, 0.29) is 17.7 Å². The molecule has 1 aromatic heterocycles. The summed E-state index contributed by atoms with van der Waals surface area (Å²) in [6.45, 7) is 1.04. The molecule has 2 heterocycles. The molecule has 1 aliphatic heterocycles. The van der Waals surface area contributed by atoms with Gasteiger partial charge in [0.1, 0.15) is 5.58 Å². The van der Waals surface area contributed by atoms with Crippen molar-refractivity contribution in [3.63, 3.8) is 0 Å². The first-order chi connectivity index (χ1) is 10.0. The van der Waals surface area contributed by atoms with Crippen LogP contribution in [0, 0.1) is 5.92 Å². The lowest BCUT2D eigenvalue weighted by atomic mass is 9.96. The Kier molecular flexibility index (Phi) is 3.59. The highest BCUT2D eigenvalue weighted by molar-refractivity contribution is 6.31. The molecule has 2 N–H and O–H groups in total. The van der Waals surface area contributed by atoms with Gasteiger partial charge in [0.05, 0.1) is 0 Å². The number of piperidine rings is 1. The van der Waals surface area contributed by atoms with Gasteiger partial charge in [0.2, 0.25) is 5.91 Å². The number of hydrogen-bond acceptors (Lipinski definition) is 3. The van der Waals surface area contributed by atoms with Crippen molar-refractivity contribution in [1.29, 1.82) is 0 Å². The van der Waals surface area contributed by atoms with Crippen LogP contribution in [-0.4, -0.2) is 29.8 Å². The van der Waals surface area contributed by atoms with Gasteiger partial charge in [0.25, 0.3) is 5.91 Å². The largest absolute Gasteiger partial charge is 0.451 e. The van der Waals surface area contributed by atoms with Crippen molar-refractivity contribution in [3.05, 3.63) is 35.0 Å². The molecule has 0 atom stereocenters. The Balaban J connectivity index is 1.76. The van der Waals surface area contributed by atoms with Crippen molar-refractivity contribution < 1.29 is 14.0 Å². The zero-order chi connectivity index (χ0) is 15.0. The summed E-state index contributed by atoms with van der Waals surface area (Å²) in [4.78, 5) is 25.2. The first-order valence-corrected chi connectivity index (χ1v) is 7.20. The minimum atomic E-state index is -0.291. The maximum absolute atomic E-state index is 12.4. The lowest BCUT2D eigenvalue weighted by Gasteiger charge is -2.29. The van der Waals surface area contributed by atoms with Crippen molar-refractivity contribution in [3.8, 4) is 0 Å². The fraction of sp³-hybridized carbons (Fsp3) is 0.333. The van der Waals surface area contributed by atoms with Crippen LogP contribution in [0.1, 0.15) is 23.4 Å². The zero-order valence-electron chi connectivity index (χ0n) is 11.3. The fourth-order valence-corrected chi connectivity index (χ4v) is 2.82. The molecule has 0 bridgehead atoms. The number of halogens is 1. The van der Waals surface area contributed by atoms with Crippen molar-refractivity contribution in [2.45, 2.75) is 12.8 Å². The molecule has 0 spiro atoms. The third kappa shape index (κ3) is 2.74. The number of carbonyl (C=O) groups is 2. The van der Waals surface area contributed by atoms with Crippen LogP contribution in [0.15, 0.2) is 28.7 Å². The Hall–Kier alpha value is -2.01. The summed E-state index contributed by atoms with van der Waals surface area (Å²) >= 11 is 5.92. The fourth-order valence-electron chi connectivity index (χ4n) is 2.64. The second-order valence-electron chi connectivity index (χ2n) is 5.26. The van der Waals surface area contributed by atoms with Crippen LogP contribution in [0.25, 0.3) is 11.0 Å². The molecule has 110 valence electrons.